The molecule has 2 heterocycles. The van der Waals surface area contributed by atoms with Crippen LogP contribution in [0, 0.1) is 0 Å². The number of nitrogens with one attached hydrogen (secondary N) is 2. The highest BCUT2D eigenvalue weighted by atomic mass is 32.2. The van der Waals surface area contributed by atoms with Crippen LogP contribution < -0.4 is 10.6 Å². The van der Waals surface area contributed by atoms with Crippen molar-refractivity contribution in [1.29, 1.82) is 0 Å². The summed E-state index contributed by atoms with van der Waals surface area (Å²) in [6.45, 7) is 4.47. The third kappa shape index (κ3) is 4.66. The van der Waals surface area contributed by atoms with Crippen molar-refractivity contribution in [2.75, 3.05) is 24.7 Å². The quantitative estimate of drug-likeness (QED) is 0.392. The SMILES string of the molecule is CC(C)c1coc(CNc2n[s+]([O-])nc2Nc2cccc(C(=O)N(C)C)c2O)c1. The van der Waals surface area contributed by atoms with Crippen LogP contribution in [-0.2, 0) is 6.54 Å². The fourth-order valence-corrected chi connectivity index (χ4v) is 3.25. The van der Waals surface area contributed by atoms with Crippen LogP contribution in [0.25, 0.3) is 0 Å². The Hall–Kier alpha value is -3.11. The van der Waals surface area contributed by atoms with Gasteiger partial charge < -0.3 is 29.6 Å². The summed E-state index contributed by atoms with van der Waals surface area (Å²) in [5.74, 6) is 0.961. The van der Waals surface area contributed by atoms with Crippen LogP contribution >= 0.6 is 11.1 Å². The summed E-state index contributed by atoms with van der Waals surface area (Å²) < 4.78 is 25.2. The first kappa shape index (κ1) is 20.6. The van der Waals surface area contributed by atoms with Crippen molar-refractivity contribution in [3.05, 3.63) is 47.4 Å². The molecule has 3 rings (SSSR count). The normalized spacial score (nSPS) is 11.6. The molecule has 29 heavy (non-hydrogen) atoms. The van der Waals surface area contributed by atoms with Crippen molar-refractivity contribution in [2.24, 2.45) is 0 Å². The molecule has 2 aromatic heterocycles. The minimum atomic E-state index is -1.78. The lowest BCUT2D eigenvalue weighted by Gasteiger charge is -2.14. The van der Waals surface area contributed by atoms with Crippen LogP contribution in [0.4, 0.5) is 17.3 Å². The van der Waals surface area contributed by atoms with Gasteiger partial charge in [0, 0.05) is 22.8 Å². The molecular weight excluding hydrogens is 394 g/mol. The number of phenols is 1. The van der Waals surface area contributed by atoms with Gasteiger partial charge in [-0.25, -0.2) is 0 Å². The maximum absolute atomic E-state index is 12.2. The zero-order chi connectivity index (χ0) is 21.1. The molecule has 1 unspecified atom stereocenters. The smallest absolute Gasteiger partial charge is 0.257 e. The fourth-order valence-electron chi connectivity index (χ4n) is 2.61. The molecule has 0 aliphatic heterocycles. The minimum Gasteiger partial charge on any atom is -0.546 e. The highest BCUT2D eigenvalue weighted by molar-refractivity contribution is 7.14. The van der Waals surface area contributed by atoms with Gasteiger partial charge in [0.25, 0.3) is 5.91 Å². The second kappa shape index (κ2) is 8.50. The van der Waals surface area contributed by atoms with Crippen LogP contribution in [0.5, 0.6) is 5.75 Å². The Balaban J connectivity index is 1.79. The molecule has 0 bridgehead atoms. The summed E-state index contributed by atoms with van der Waals surface area (Å²) in [5.41, 5.74) is 1.48. The maximum Gasteiger partial charge on any atom is 0.257 e. The molecule has 0 aliphatic rings. The Labute approximate surface area is 171 Å². The first-order valence-electron chi connectivity index (χ1n) is 8.98. The second-order valence-corrected chi connectivity index (χ2v) is 7.82. The number of aromatic nitrogens is 2. The van der Waals surface area contributed by atoms with Gasteiger partial charge in [-0.05, 0) is 29.7 Å². The molecule has 1 aromatic carbocycles. The number of furan rings is 1. The van der Waals surface area contributed by atoms with Gasteiger partial charge in [0.1, 0.15) is 5.76 Å². The van der Waals surface area contributed by atoms with E-state index in [0.717, 1.165) is 5.56 Å². The third-order valence-electron chi connectivity index (χ3n) is 4.26. The second-order valence-electron chi connectivity index (χ2n) is 6.99. The standard InChI is InChI=1S/C19H23N5O4S/c1-11(2)12-8-13(28-10-12)9-20-17-18(23-29(27)22-17)21-15-7-5-6-14(16(15)25)19(26)24(3)4/h5-8,10-11,25H,9H2,1-4H3,(H,20,22)(H,21,23). The first-order chi connectivity index (χ1) is 13.8. The van der Waals surface area contributed by atoms with Gasteiger partial charge >= 0.3 is 0 Å². The fraction of sp³-hybridized carbons (Fsp3) is 0.316. The third-order valence-corrected chi connectivity index (χ3v) is 4.94. The van der Waals surface area contributed by atoms with E-state index in [1.807, 2.05) is 6.07 Å². The number of benzene rings is 1. The van der Waals surface area contributed by atoms with E-state index in [1.165, 1.54) is 11.0 Å². The van der Waals surface area contributed by atoms with Crippen LogP contribution in [0.15, 0.2) is 34.9 Å². The number of amides is 1. The van der Waals surface area contributed by atoms with Gasteiger partial charge in [-0.2, -0.15) is 0 Å². The summed E-state index contributed by atoms with van der Waals surface area (Å²) in [5, 5.41) is 16.4. The number of carbonyl (C=O) groups excluding carboxylic acids is 1. The van der Waals surface area contributed by atoms with Gasteiger partial charge in [-0.3, -0.25) is 4.79 Å². The molecule has 154 valence electrons. The Morgan fingerprint density at radius 3 is 2.69 bits per heavy atom. The Kier molecular flexibility index (Phi) is 6.04. The molecule has 3 N–H and O–H groups in total. The maximum atomic E-state index is 12.2. The van der Waals surface area contributed by atoms with Gasteiger partial charge in [0.15, 0.2) is 16.9 Å². The van der Waals surface area contributed by atoms with Gasteiger partial charge in [0.05, 0.1) is 24.1 Å². The lowest BCUT2D eigenvalue weighted by molar-refractivity contribution is 0.0824. The van der Waals surface area contributed by atoms with Crippen LogP contribution in [0.2, 0.25) is 0 Å². The molecule has 1 atom stereocenters. The topological polar surface area (TPSA) is 127 Å². The van der Waals surface area contributed by atoms with Crippen molar-refractivity contribution < 1.29 is 18.9 Å². The molecule has 0 saturated heterocycles. The zero-order valence-electron chi connectivity index (χ0n) is 16.6. The van der Waals surface area contributed by atoms with Crippen molar-refractivity contribution in [1.82, 2.24) is 13.6 Å². The van der Waals surface area contributed by atoms with E-state index in [4.69, 9.17) is 4.42 Å². The number of hydrogen-bond donors (Lipinski definition) is 3. The monoisotopic (exact) mass is 417 g/mol. The lowest BCUT2D eigenvalue weighted by atomic mass is 10.1. The number of nitrogens with zero attached hydrogens (tertiary/aromatic N) is 3. The molecule has 9 nitrogen and oxygen atoms in total. The zero-order valence-corrected chi connectivity index (χ0v) is 17.4. The number of rotatable bonds is 7. The van der Waals surface area contributed by atoms with Crippen molar-refractivity contribution in [3.8, 4) is 5.75 Å². The summed E-state index contributed by atoms with van der Waals surface area (Å²) in [6, 6.07) is 6.68. The van der Waals surface area contributed by atoms with Crippen LogP contribution in [0.3, 0.4) is 0 Å². The summed E-state index contributed by atoms with van der Waals surface area (Å²) in [4.78, 5) is 13.6. The molecule has 0 saturated carbocycles. The number of hydrogen-bond acceptors (Lipinski definition) is 8. The number of carbonyl (C=O) groups is 1. The van der Waals surface area contributed by atoms with Gasteiger partial charge in [-0.15, -0.1) is 0 Å². The van der Waals surface area contributed by atoms with Gasteiger partial charge in [0.2, 0.25) is 11.6 Å². The lowest BCUT2D eigenvalue weighted by Crippen LogP contribution is -2.21. The number of phenolic OH excluding ortho intramolecular Hbond substituents is 1. The van der Waals surface area contributed by atoms with Crippen LogP contribution in [-0.4, -0.2) is 43.3 Å². The number of para-hydroxylation sites is 1. The van der Waals surface area contributed by atoms with E-state index in [0.29, 0.717) is 18.2 Å². The molecule has 0 spiro atoms. The van der Waals surface area contributed by atoms with Crippen molar-refractivity contribution in [3.63, 3.8) is 0 Å². The molecule has 0 aliphatic carbocycles. The van der Waals surface area contributed by atoms with E-state index in [1.54, 1.807) is 32.5 Å². The van der Waals surface area contributed by atoms with Gasteiger partial charge in [-0.1, -0.05) is 19.9 Å². The van der Waals surface area contributed by atoms with Crippen molar-refractivity contribution >= 4 is 34.4 Å². The first-order valence-corrected chi connectivity index (χ1v) is 10.0. The molecule has 3 aromatic rings. The van der Waals surface area contributed by atoms with Crippen molar-refractivity contribution in [2.45, 2.75) is 26.3 Å². The molecule has 1 amide bonds. The van der Waals surface area contributed by atoms with E-state index >= 15 is 0 Å². The molecule has 0 radical (unpaired) electrons. The molecule has 10 heteroatoms. The predicted octanol–water partition coefficient (Wildman–Crippen LogP) is 3.68. The highest BCUT2D eigenvalue weighted by Crippen LogP contribution is 2.33. The molecule has 0 fully saturated rings. The van der Waals surface area contributed by atoms with E-state index in [2.05, 4.69) is 33.2 Å². The summed E-state index contributed by atoms with van der Waals surface area (Å²) in [7, 11) is 3.19. The number of aromatic hydroxyl groups is 1. The number of anilines is 3. The Morgan fingerprint density at radius 1 is 1.31 bits per heavy atom. The van der Waals surface area contributed by atoms with E-state index < -0.39 is 11.1 Å². The Morgan fingerprint density at radius 2 is 2.03 bits per heavy atom. The van der Waals surface area contributed by atoms with Crippen LogP contribution in [0.1, 0.15) is 41.4 Å². The molecular formula is C19H23N5O4S. The van der Waals surface area contributed by atoms with E-state index in [-0.39, 0.29) is 34.5 Å². The highest BCUT2D eigenvalue weighted by Gasteiger charge is 2.20. The summed E-state index contributed by atoms with van der Waals surface area (Å²) in [6.07, 6.45) is 1.70. The minimum absolute atomic E-state index is 0.142. The van der Waals surface area contributed by atoms with E-state index in [9.17, 15) is 14.5 Å². The average molecular weight is 417 g/mol. The average Bonchev–Trinajstić information content (AvgIpc) is 3.27. The predicted molar refractivity (Wildman–Crippen MR) is 110 cm³/mol. The largest absolute Gasteiger partial charge is 0.546 e. The summed E-state index contributed by atoms with van der Waals surface area (Å²) >= 11 is -1.78. The Bertz CT molecular complexity index is 1010.